The molecule has 2 amide bonds. The Hall–Kier alpha value is -2.76. The van der Waals surface area contributed by atoms with Gasteiger partial charge in [-0.2, -0.15) is 0 Å². The zero-order valence-electron chi connectivity index (χ0n) is 21.4. The third-order valence-corrected chi connectivity index (χ3v) is 10.2. The molecule has 10 nitrogen and oxygen atoms in total. The minimum absolute atomic E-state index is 0.0758. The van der Waals surface area contributed by atoms with Crippen molar-refractivity contribution in [2.45, 2.75) is 62.3 Å². The molecule has 2 heterocycles. The van der Waals surface area contributed by atoms with E-state index in [-0.39, 0.29) is 36.4 Å². The molecule has 11 heteroatoms. The Kier molecular flexibility index (Phi) is 6.88. The molecule has 37 heavy (non-hydrogen) atoms. The monoisotopic (exact) mass is 529 g/mol. The van der Waals surface area contributed by atoms with Gasteiger partial charge in [0.05, 0.1) is 30.7 Å². The zero-order chi connectivity index (χ0) is 26.3. The second-order valence-corrected chi connectivity index (χ2v) is 13.1. The minimum Gasteiger partial charge on any atom is -0.396 e. The number of rotatable bonds is 9. The van der Waals surface area contributed by atoms with E-state index in [1.807, 2.05) is 25.1 Å². The molecule has 2 aliphatic carbocycles. The Balaban J connectivity index is 1.46. The van der Waals surface area contributed by atoms with Crippen LogP contribution in [0.1, 0.15) is 51.6 Å². The first-order chi connectivity index (χ1) is 17.6. The van der Waals surface area contributed by atoms with Crippen LogP contribution in [0.5, 0.6) is 0 Å². The SMILES string of the molecule is C[C@H]1COCCN1c1cc(C2(S(=O)(=O)CCCO)CC2)nc(-c2ccc(NC(=O)NC3(C)CC3)cc2)n1. The highest BCUT2D eigenvalue weighted by atomic mass is 32.2. The lowest BCUT2D eigenvalue weighted by Gasteiger charge is -2.34. The molecule has 0 radical (unpaired) electrons. The van der Waals surface area contributed by atoms with Gasteiger partial charge in [0.25, 0.3) is 0 Å². The van der Waals surface area contributed by atoms with E-state index in [4.69, 9.17) is 14.7 Å². The van der Waals surface area contributed by atoms with Gasteiger partial charge in [0.2, 0.25) is 0 Å². The van der Waals surface area contributed by atoms with Crippen molar-refractivity contribution in [1.82, 2.24) is 15.3 Å². The van der Waals surface area contributed by atoms with Gasteiger partial charge in [-0.25, -0.2) is 23.2 Å². The molecule has 2 saturated carbocycles. The molecule has 3 fully saturated rings. The van der Waals surface area contributed by atoms with Crippen LogP contribution in [0.15, 0.2) is 30.3 Å². The van der Waals surface area contributed by atoms with Crippen LogP contribution >= 0.6 is 0 Å². The molecular weight excluding hydrogens is 494 g/mol. The molecule has 1 aliphatic heterocycles. The lowest BCUT2D eigenvalue weighted by Crippen LogP contribution is -2.44. The first kappa shape index (κ1) is 25.9. The number of aliphatic hydroxyl groups excluding tert-OH is 1. The molecular formula is C26H35N5O5S. The van der Waals surface area contributed by atoms with E-state index >= 15 is 0 Å². The van der Waals surface area contributed by atoms with Crippen molar-refractivity contribution in [1.29, 1.82) is 0 Å². The number of urea groups is 1. The van der Waals surface area contributed by atoms with E-state index in [0.717, 1.165) is 18.4 Å². The van der Waals surface area contributed by atoms with Crippen LogP contribution in [0.25, 0.3) is 11.4 Å². The van der Waals surface area contributed by atoms with E-state index in [2.05, 4.69) is 22.5 Å². The fourth-order valence-electron chi connectivity index (χ4n) is 4.75. The van der Waals surface area contributed by atoms with Crippen molar-refractivity contribution >= 4 is 27.4 Å². The first-order valence-electron chi connectivity index (χ1n) is 12.9. The summed E-state index contributed by atoms with van der Waals surface area (Å²) in [5, 5.41) is 15.0. The molecule has 1 saturated heterocycles. The van der Waals surface area contributed by atoms with Crippen LogP contribution in [0, 0.1) is 0 Å². The number of morpholine rings is 1. The number of amides is 2. The van der Waals surface area contributed by atoms with Crippen molar-refractivity contribution < 1.29 is 23.1 Å². The number of sulfone groups is 1. The number of nitrogens with one attached hydrogen (secondary N) is 2. The van der Waals surface area contributed by atoms with Crippen LogP contribution in [-0.2, 0) is 19.3 Å². The number of hydrogen-bond donors (Lipinski definition) is 3. The maximum absolute atomic E-state index is 13.3. The molecule has 1 aromatic carbocycles. The van der Waals surface area contributed by atoms with Crippen LogP contribution in [0.2, 0.25) is 0 Å². The number of hydrogen-bond acceptors (Lipinski definition) is 8. The third kappa shape index (κ3) is 5.44. The van der Waals surface area contributed by atoms with Crippen molar-refractivity contribution in [3.63, 3.8) is 0 Å². The highest BCUT2D eigenvalue weighted by molar-refractivity contribution is 7.92. The Bertz CT molecular complexity index is 1260. The van der Waals surface area contributed by atoms with E-state index in [9.17, 15) is 18.3 Å². The fraction of sp³-hybridized carbons (Fsp3) is 0.577. The Morgan fingerprint density at radius 2 is 1.92 bits per heavy atom. The largest absolute Gasteiger partial charge is 0.396 e. The second-order valence-electron chi connectivity index (χ2n) is 10.7. The van der Waals surface area contributed by atoms with Gasteiger partial charge in [-0.05, 0) is 70.2 Å². The van der Waals surface area contributed by atoms with Gasteiger partial charge in [0.1, 0.15) is 10.6 Å². The maximum atomic E-state index is 13.3. The molecule has 0 bridgehead atoms. The molecule has 0 unspecified atom stereocenters. The molecule has 1 atom stereocenters. The van der Waals surface area contributed by atoms with Crippen molar-refractivity contribution in [3.8, 4) is 11.4 Å². The van der Waals surface area contributed by atoms with Crippen molar-refractivity contribution in [3.05, 3.63) is 36.0 Å². The number of nitrogens with zero attached hydrogens (tertiary/aromatic N) is 3. The number of aliphatic hydroxyl groups is 1. The Morgan fingerprint density at radius 3 is 2.54 bits per heavy atom. The van der Waals surface area contributed by atoms with E-state index in [0.29, 0.717) is 55.6 Å². The van der Waals surface area contributed by atoms with Gasteiger partial charge in [0, 0.05) is 36.0 Å². The lowest BCUT2D eigenvalue weighted by molar-refractivity contribution is 0.0985. The van der Waals surface area contributed by atoms with Gasteiger partial charge < -0.3 is 25.4 Å². The molecule has 2 aromatic rings. The van der Waals surface area contributed by atoms with Crippen molar-refractivity contribution in [2.75, 3.05) is 42.3 Å². The summed E-state index contributed by atoms with van der Waals surface area (Å²) in [5.74, 6) is 1.04. The Labute approximate surface area is 217 Å². The third-order valence-electron chi connectivity index (χ3n) is 7.53. The summed E-state index contributed by atoms with van der Waals surface area (Å²) in [4.78, 5) is 24.0. The van der Waals surface area contributed by atoms with Gasteiger partial charge in [-0.1, -0.05) is 0 Å². The van der Waals surface area contributed by atoms with Crippen LogP contribution in [-0.4, -0.2) is 73.2 Å². The number of benzene rings is 1. The van der Waals surface area contributed by atoms with Crippen LogP contribution in [0.4, 0.5) is 16.3 Å². The van der Waals surface area contributed by atoms with Gasteiger partial charge in [0.15, 0.2) is 15.7 Å². The summed E-state index contributed by atoms with van der Waals surface area (Å²) < 4.78 is 31.1. The van der Waals surface area contributed by atoms with Crippen molar-refractivity contribution in [2.24, 2.45) is 0 Å². The highest BCUT2D eigenvalue weighted by Crippen LogP contribution is 2.53. The molecule has 5 rings (SSSR count). The number of carbonyl (C=O) groups is 1. The average molecular weight is 530 g/mol. The quantitative estimate of drug-likeness (QED) is 0.452. The summed E-state index contributed by atoms with van der Waals surface area (Å²) in [6.07, 6.45) is 3.18. The zero-order valence-corrected chi connectivity index (χ0v) is 22.2. The summed E-state index contributed by atoms with van der Waals surface area (Å²) in [6.45, 7) is 5.69. The molecule has 0 spiro atoms. The number of aromatic nitrogens is 2. The Morgan fingerprint density at radius 1 is 1.19 bits per heavy atom. The number of carbonyl (C=O) groups excluding carboxylic acids is 1. The summed E-state index contributed by atoms with van der Waals surface area (Å²) in [5.41, 5.74) is 1.77. The molecule has 1 aromatic heterocycles. The normalized spacial score (nSPS) is 21.8. The second kappa shape index (κ2) is 9.85. The van der Waals surface area contributed by atoms with Crippen LogP contribution < -0.4 is 15.5 Å². The van der Waals surface area contributed by atoms with E-state index < -0.39 is 14.6 Å². The minimum atomic E-state index is -3.50. The fourth-order valence-corrected chi connectivity index (χ4v) is 6.80. The summed E-state index contributed by atoms with van der Waals surface area (Å²) >= 11 is 0. The first-order valence-corrected chi connectivity index (χ1v) is 14.6. The number of ether oxygens (including phenoxy) is 1. The predicted molar refractivity (Wildman–Crippen MR) is 141 cm³/mol. The van der Waals surface area contributed by atoms with Gasteiger partial charge in [-0.15, -0.1) is 0 Å². The lowest BCUT2D eigenvalue weighted by atomic mass is 10.1. The van der Waals surface area contributed by atoms with E-state index in [1.54, 1.807) is 12.1 Å². The highest BCUT2D eigenvalue weighted by Gasteiger charge is 2.56. The summed E-state index contributed by atoms with van der Waals surface area (Å²) in [7, 11) is -3.50. The topological polar surface area (TPSA) is 134 Å². The number of anilines is 2. The predicted octanol–water partition coefficient (Wildman–Crippen LogP) is 2.83. The molecule has 3 aliphatic rings. The smallest absolute Gasteiger partial charge is 0.319 e. The molecule has 200 valence electrons. The average Bonchev–Trinajstić information content (AvgIpc) is 3.80. The van der Waals surface area contributed by atoms with Crippen LogP contribution in [0.3, 0.4) is 0 Å². The summed E-state index contributed by atoms with van der Waals surface area (Å²) in [6, 6.07) is 8.92. The van der Waals surface area contributed by atoms with E-state index in [1.165, 1.54) is 0 Å². The van der Waals surface area contributed by atoms with Gasteiger partial charge in [-0.3, -0.25) is 0 Å². The van der Waals surface area contributed by atoms with Gasteiger partial charge >= 0.3 is 6.03 Å². The standard InChI is InChI=1S/C26H35N5O5S/c1-18-17-36-14-12-31(18)22-16-21(26(10-11-26)37(34,35)15-3-13-32)28-23(29-22)19-4-6-20(7-5-19)27-24(33)30-25(2)8-9-25/h4-7,16,18,32H,3,8-15,17H2,1-2H3,(H2,27,30,33)/t18-/m0/s1. The maximum Gasteiger partial charge on any atom is 0.319 e. The molecule has 3 N–H and O–H groups in total.